The maximum atomic E-state index is 13.4. The third-order valence-corrected chi connectivity index (χ3v) is 4.71. The van der Waals surface area contributed by atoms with Crippen molar-refractivity contribution in [2.45, 2.75) is 19.9 Å². The van der Waals surface area contributed by atoms with Crippen molar-refractivity contribution in [3.63, 3.8) is 0 Å². The standard InChI is InChI=1S/C14H13FN2S2/c1-8-3-6-13(19-8)9(2)17-12-7-10(15)4-5-11(12)16-14(17)18/h3-7,9H,1-2H3,(H,16,18). The molecule has 2 aromatic heterocycles. The molecule has 0 saturated heterocycles. The van der Waals surface area contributed by atoms with E-state index in [1.807, 2.05) is 4.57 Å². The molecule has 19 heavy (non-hydrogen) atoms. The van der Waals surface area contributed by atoms with Gasteiger partial charge in [-0.2, -0.15) is 0 Å². The molecule has 0 radical (unpaired) electrons. The average Bonchev–Trinajstić information content (AvgIpc) is 2.91. The van der Waals surface area contributed by atoms with E-state index in [0.717, 1.165) is 11.0 Å². The monoisotopic (exact) mass is 292 g/mol. The van der Waals surface area contributed by atoms with Crippen molar-refractivity contribution in [3.05, 3.63) is 50.7 Å². The van der Waals surface area contributed by atoms with E-state index in [1.54, 1.807) is 17.4 Å². The second-order valence-electron chi connectivity index (χ2n) is 4.59. The number of nitrogens with one attached hydrogen (secondary N) is 1. The minimum Gasteiger partial charge on any atom is -0.331 e. The van der Waals surface area contributed by atoms with Crippen LogP contribution < -0.4 is 0 Å². The summed E-state index contributed by atoms with van der Waals surface area (Å²) in [5.74, 6) is -0.246. The molecule has 0 aliphatic carbocycles. The lowest BCUT2D eigenvalue weighted by atomic mass is 10.2. The first kappa shape index (κ1) is 12.6. The normalized spacial score (nSPS) is 13.0. The van der Waals surface area contributed by atoms with Crippen molar-refractivity contribution in [1.82, 2.24) is 9.55 Å². The van der Waals surface area contributed by atoms with Gasteiger partial charge in [-0.1, -0.05) is 0 Å². The molecule has 2 nitrogen and oxygen atoms in total. The van der Waals surface area contributed by atoms with Gasteiger partial charge in [0.1, 0.15) is 5.82 Å². The summed E-state index contributed by atoms with van der Waals surface area (Å²) in [4.78, 5) is 5.61. The summed E-state index contributed by atoms with van der Waals surface area (Å²) in [6.45, 7) is 4.16. The van der Waals surface area contributed by atoms with Gasteiger partial charge in [0, 0.05) is 9.75 Å². The molecule has 0 fully saturated rings. The number of rotatable bonds is 2. The maximum Gasteiger partial charge on any atom is 0.178 e. The van der Waals surface area contributed by atoms with Crippen LogP contribution in [0, 0.1) is 17.5 Å². The Balaban J connectivity index is 2.21. The van der Waals surface area contributed by atoms with Crippen LogP contribution in [0.5, 0.6) is 0 Å². The number of H-pyrrole nitrogens is 1. The van der Waals surface area contributed by atoms with Crippen LogP contribution in [0.4, 0.5) is 4.39 Å². The molecule has 0 aliphatic heterocycles. The SMILES string of the molecule is Cc1ccc(C(C)n2c(=S)[nH]c3ccc(F)cc32)s1. The lowest BCUT2D eigenvalue weighted by Gasteiger charge is -2.12. The van der Waals surface area contributed by atoms with Crippen molar-refractivity contribution in [2.75, 3.05) is 0 Å². The van der Waals surface area contributed by atoms with Crippen molar-refractivity contribution < 1.29 is 4.39 Å². The summed E-state index contributed by atoms with van der Waals surface area (Å²) in [6, 6.07) is 8.99. The maximum absolute atomic E-state index is 13.4. The van der Waals surface area contributed by atoms with E-state index in [0.29, 0.717) is 4.77 Å². The lowest BCUT2D eigenvalue weighted by molar-refractivity contribution is 0.624. The van der Waals surface area contributed by atoms with Crippen LogP contribution >= 0.6 is 23.6 Å². The van der Waals surface area contributed by atoms with Crippen molar-refractivity contribution >= 4 is 34.6 Å². The quantitative estimate of drug-likeness (QED) is 0.672. The average molecular weight is 292 g/mol. The molecule has 3 rings (SSSR count). The van der Waals surface area contributed by atoms with Gasteiger partial charge in [0.15, 0.2) is 4.77 Å². The molecule has 0 spiro atoms. The zero-order valence-electron chi connectivity index (χ0n) is 10.6. The van der Waals surface area contributed by atoms with Gasteiger partial charge in [0.2, 0.25) is 0 Å². The highest BCUT2D eigenvalue weighted by atomic mass is 32.1. The fraction of sp³-hybridized carbons (Fsp3) is 0.214. The van der Waals surface area contributed by atoms with Gasteiger partial charge < -0.3 is 9.55 Å². The fourth-order valence-electron chi connectivity index (χ4n) is 2.28. The first-order chi connectivity index (χ1) is 9.06. The lowest BCUT2D eigenvalue weighted by Crippen LogP contribution is -2.05. The summed E-state index contributed by atoms with van der Waals surface area (Å²) >= 11 is 7.11. The Kier molecular flexibility index (Phi) is 3.03. The number of fused-ring (bicyclic) bond motifs is 1. The summed E-state index contributed by atoms with van der Waals surface area (Å²) in [5.41, 5.74) is 1.68. The molecule has 1 N–H and O–H groups in total. The number of hydrogen-bond donors (Lipinski definition) is 1. The highest BCUT2D eigenvalue weighted by molar-refractivity contribution is 7.71. The van der Waals surface area contributed by atoms with Gasteiger partial charge in [-0.3, -0.25) is 0 Å². The molecule has 1 unspecified atom stereocenters. The first-order valence-corrected chi connectivity index (χ1v) is 7.25. The van der Waals surface area contributed by atoms with Crippen LogP contribution in [0.3, 0.4) is 0 Å². The number of imidazole rings is 1. The smallest absolute Gasteiger partial charge is 0.178 e. The number of aryl methyl sites for hydroxylation is 1. The minimum absolute atomic E-state index is 0.0988. The second-order valence-corrected chi connectivity index (χ2v) is 6.29. The Hall–Kier alpha value is -1.46. The van der Waals surface area contributed by atoms with Gasteiger partial charge in [-0.05, 0) is 56.4 Å². The first-order valence-electron chi connectivity index (χ1n) is 6.02. The summed E-state index contributed by atoms with van der Waals surface area (Å²) in [6.07, 6.45) is 0. The summed E-state index contributed by atoms with van der Waals surface area (Å²) in [7, 11) is 0. The zero-order chi connectivity index (χ0) is 13.6. The third kappa shape index (κ3) is 2.13. The Bertz CT molecular complexity index is 797. The van der Waals surface area contributed by atoms with Crippen molar-refractivity contribution in [1.29, 1.82) is 0 Å². The molecular formula is C14H13FN2S2. The number of benzene rings is 1. The third-order valence-electron chi connectivity index (χ3n) is 3.24. The predicted molar refractivity (Wildman–Crippen MR) is 79.9 cm³/mol. The Morgan fingerprint density at radius 3 is 2.79 bits per heavy atom. The molecule has 5 heteroatoms. The minimum atomic E-state index is -0.246. The topological polar surface area (TPSA) is 20.7 Å². The van der Waals surface area contributed by atoms with Crippen LogP contribution in [0.1, 0.15) is 22.7 Å². The van der Waals surface area contributed by atoms with Gasteiger partial charge >= 0.3 is 0 Å². The Labute approximate surface area is 119 Å². The van der Waals surface area contributed by atoms with Crippen LogP contribution in [0.15, 0.2) is 30.3 Å². The van der Waals surface area contributed by atoms with Crippen molar-refractivity contribution in [2.24, 2.45) is 0 Å². The number of nitrogens with zero attached hydrogens (tertiary/aromatic N) is 1. The molecule has 98 valence electrons. The summed E-state index contributed by atoms with van der Waals surface area (Å²) in [5, 5.41) is 0. The van der Waals surface area contributed by atoms with E-state index in [1.165, 1.54) is 21.9 Å². The molecule has 0 aliphatic rings. The van der Waals surface area contributed by atoms with Gasteiger partial charge in [-0.25, -0.2) is 4.39 Å². The van der Waals surface area contributed by atoms with E-state index in [4.69, 9.17) is 12.2 Å². The number of aromatic nitrogens is 2. The molecule has 0 amide bonds. The van der Waals surface area contributed by atoms with Crippen LogP contribution in [-0.4, -0.2) is 9.55 Å². The number of thiophene rings is 1. The van der Waals surface area contributed by atoms with E-state index >= 15 is 0 Å². The van der Waals surface area contributed by atoms with E-state index in [-0.39, 0.29) is 11.9 Å². The van der Waals surface area contributed by atoms with E-state index in [2.05, 4.69) is 31.0 Å². The number of hydrogen-bond acceptors (Lipinski definition) is 2. The van der Waals surface area contributed by atoms with Crippen LogP contribution in [0.25, 0.3) is 11.0 Å². The Morgan fingerprint density at radius 1 is 1.32 bits per heavy atom. The van der Waals surface area contributed by atoms with Crippen LogP contribution in [0.2, 0.25) is 0 Å². The molecule has 0 saturated carbocycles. The van der Waals surface area contributed by atoms with E-state index in [9.17, 15) is 4.39 Å². The molecule has 1 atom stereocenters. The predicted octanol–water partition coefficient (Wildman–Crippen LogP) is 4.82. The highest BCUT2D eigenvalue weighted by Gasteiger charge is 2.15. The van der Waals surface area contributed by atoms with E-state index < -0.39 is 0 Å². The summed E-state index contributed by atoms with van der Waals surface area (Å²) < 4.78 is 16.0. The molecular weight excluding hydrogens is 279 g/mol. The Morgan fingerprint density at radius 2 is 2.11 bits per heavy atom. The molecule has 2 heterocycles. The van der Waals surface area contributed by atoms with Gasteiger partial charge in [0.25, 0.3) is 0 Å². The van der Waals surface area contributed by atoms with Crippen molar-refractivity contribution in [3.8, 4) is 0 Å². The fourth-order valence-corrected chi connectivity index (χ4v) is 3.57. The molecule has 1 aromatic carbocycles. The highest BCUT2D eigenvalue weighted by Crippen LogP contribution is 2.29. The largest absolute Gasteiger partial charge is 0.331 e. The number of halogens is 1. The zero-order valence-corrected chi connectivity index (χ0v) is 12.2. The second kappa shape index (κ2) is 4.58. The molecule has 0 bridgehead atoms. The number of aromatic amines is 1. The molecule has 3 aromatic rings. The van der Waals surface area contributed by atoms with Gasteiger partial charge in [0.05, 0.1) is 17.1 Å². The van der Waals surface area contributed by atoms with Crippen LogP contribution in [-0.2, 0) is 0 Å². The van der Waals surface area contributed by atoms with Gasteiger partial charge in [-0.15, -0.1) is 11.3 Å².